The van der Waals surface area contributed by atoms with E-state index in [0.717, 1.165) is 22.6 Å². The molecule has 0 radical (unpaired) electrons. The standard InChI is InChI=1S/C21H23N5O2S/c1-16-6-8-20(17(2)15-16)29(27,28)26-13-11-25(12-14-26)21-9-7-19(23-24-21)18-5-3-4-10-22-18/h3-10,15H,11-14H2,1-2H3. The zero-order valence-corrected chi connectivity index (χ0v) is 17.3. The van der Waals surface area contributed by atoms with Crippen LogP contribution in [0.3, 0.4) is 0 Å². The molecule has 0 unspecified atom stereocenters. The van der Waals surface area contributed by atoms with E-state index >= 15 is 0 Å². The molecule has 8 heteroatoms. The maximum Gasteiger partial charge on any atom is 0.243 e. The summed E-state index contributed by atoms with van der Waals surface area (Å²) in [6, 6.07) is 14.9. The van der Waals surface area contributed by atoms with Crippen molar-refractivity contribution in [2.24, 2.45) is 0 Å². The van der Waals surface area contributed by atoms with Crippen molar-refractivity contribution in [1.29, 1.82) is 0 Å². The number of benzene rings is 1. The Balaban J connectivity index is 1.45. The van der Waals surface area contributed by atoms with Crippen LogP contribution in [0.2, 0.25) is 0 Å². The summed E-state index contributed by atoms with van der Waals surface area (Å²) in [7, 11) is -3.50. The van der Waals surface area contributed by atoms with Gasteiger partial charge in [0.2, 0.25) is 10.0 Å². The minimum absolute atomic E-state index is 0.385. The summed E-state index contributed by atoms with van der Waals surface area (Å²) >= 11 is 0. The van der Waals surface area contributed by atoms with Crippen molar-refractivity contribution in [2.45, 2.75) is 18.7 Å². The van der Waals surface area contributed by atoms with Crippen LogP contribution in [0.4, 0.5) is 5.82 Å². The first-order chi connectivity index (χ1) is 13.9. The molecule has 3 aromatic rings. The SMILES string of the molecule is Cc1ccc(S(=O)(=O)N2CCN(c3ccc(-c4ccccn4)nn3)CC2)c(C)c1. The van der Waals surface area contributed by atoms with Gasteiger partial charge in [-0.3, -0.25) is 4.98 Å². The lowest BCUT2D eigenvalue weighted by molar-refractivity contribution is 0.383. The lowest BCUT2D eigenvalue weighted by Crippen LogP contribution is -2.49. The van der Waals surface area contributed by atoms with E-state index in [4.69, 9.17) is 0 Å². The number of anilines is 1. The van der Waals surface area contributed by atoms with Gasteiger partial charge in [0.1, 0.15) is 5.69 Å². The number of nitrogens with zero attached hydrogens (tertiary/aromatic N) is 5. The molecular weight excluding hydrogens is 386 g/mol. The van der Waals surface area contributed by atoms with Gasteiger partial charge >= 0.3 is 0 Å². The fourth-order valence-corrected chi connectivity index (χ4v) is 5.16. The molecule has 1 saturated heterocycles. The monoisotopic (exact) mass is 409 g/mol. The highest BCUT2D eigenvalue weighted by Crippen LogP contribution is 2.23. The molecule has 0 N–H and O–H groups in total. The zero-order valence-electron chi connectivity index (χ0n) is 16.5. The summed E-state index contributed by atoms with van der Waals surface area (Å²) in [5.41, 5.74) is 3.32. The average Bonchev–Trinajstić information content (AvgIpc) is 2.74. The van der Waals surface area contributed by atoms with Gasteiger partial charge in [-0.15, -0.1) is 10.2 Å². The maximum atomic E-state index is 13.0. The summed E-state index contributed by atoms with van der Waals surface area (Å²) in [6.45, 7) is 5.78. The number of pyridine rings is 1. The van der Waals surface area contributed by atoms with E-state index in [2.05, 4.69) is 20.1 Å². The molecule has 0 bridgehead atoms. The smallest absolute Gasteiger partial charge is 0.243 e. The second-order valence-corrected chi connectivity index (χ2v) is 9.06. The molecule has 1 fully saturated rings. The van der Waals surface area contributed by atoms with E-state index in [1.165, 1.54) is 0 Å². The predicted molar refractivity (Wildman–Crippen MR) is 112 cm³/mol. The molecule has 0 atom stereocenters. The fraction of sp³-hybridized carbons (Fsp3) is 0.286. The van der Waals surface area contributed by atoms with Gasteiger partial charge in [0, 0.05) is 32.4 Å². The third-order valence-electron chi connectivity index (χ3n) is 5.09. The Labute approximate surface area is 171 Å². The zero-order chi connectivity index (χ0) is 20.4. The quantitative estimate of drug-likeness (QED) is 0.659. The summed E-state index contributed by atoms with van der Waals surface area (Å²) in [6.07, 6.45) is 1.72. The van der Waals surface area contributed by atoms with E-state index in [0.29, 0.717) is 36.8 Å². The highest BCUT2D eigenvalue weighted by Gasteiger charge is 2.30. The van der Waals surface area contributed by atoms with E-state index in [9.17, 15) is 8.42 Å². The topological polar surface area (TPSA) is 79.3 Å². The Bertz CT molecular complexity index is 1090. The van der Waals surface area contributed by atoms with Crippen molar-refractivity contribution in [3.8, 4) is 11.4 Å². The number of hydrogen-bond acceptors (Lipinski definition) is 6. The van der Waals surface area contributed by atoms with Crippen LogP contribution in [0.15, 0.2) is 59.6 Å². The maximum absolute atomic E-state index is 13.0. The molecule has 0 aliphatic carbocycles. The van der Waals surface area contributed by atoms with Gasteiger partial charge in [-0.2, -0.15) is 4.31 Å². The van der Waals surface area contributed by atoms with Crippen LogP contribution in [0.5, 0.6) is 0 Å². The number of aryl methyl sites for hydroxylation is 2. The lowest BCUT2D eigenvalue weighted by Gasteiger charge is -2.34. The molecular formula is C21H23N5O2S. The normalized spacial score (nSPS) is 15.4. The van der Waals surface area contributed by atoms with Gasteiger partial charge < -0.3 is 4.90 Å². The molecule has 29 heavy (non-hydrogen) atoms. The highest BCUT2D eigenvalue weighted by atomic mass is 32.2. The van der Waals surface area contributed by atoms with E-state index in [1.54, 1.807) is 16.6 Å². The molecule has 0 amide bonds. The number of sulfonamides is 1. The molecule has 2 aromatic heterocycles. The highest BCUT2D eigenvalue weighted by molar-refractivity contribution is 7.89. The average molecular weight is 410 g/mol. The Morgan fingerprint density at radius 3 is 2.28 bits per heavy atom. The molecule has 1 aromatic carbocycles. The molecule has 7 nitrogen and oxygen atoms in total. The van der Waals surface area contributed by atoms with Crippen molar-refractivity contribution in [1.82, 2.24) is 19.5 Å². The number of rotatable bonds is 4. The Hall–Kier alpha value is -2.84. The first-order valence-corrected chi connectivity index (χ1v) is 11.0. The number of aromatic nitrogens is 3. The Kier molecular flexibility index (Phi) is 5.29. The Morgan fingerprint density at radius 1 is 0.862 bits per heavy atom. The second kappa shape index (κ2) is 7.88. The summed E-state index contributed by atoms with van der Waals surface area (Å²) in [5, 5.41) is 8.59. The van der Waals surface area contributed by atoms with Crippen LogP contribution in [0, 0.1) is 13.8 Å². The summed E-state index contributed by atoms with van der Waals surface area (Å²) in [4.78, 5) is 6.72. The van der Waals surface area contributed by atoms with Crippen LogP contribution < -0.4 is 4.90 Å². The number of piperazine rings is 1. The first-order valence-electron chi connectivity index (χ1n) is 9.52. The minimum Gasteiger partial charge on any atom is -0.352 e. The molecule has 1 aliphatic rings. The van der Waals surface area contributed by atoms with Gasteiger partial charge in [0.05, 0.1) is 10.6 Å². The third kappa shape index (κ3) is 3.99. The first kappa shape index (κ1) is 19.5. The molecule has 4 rings (SSSR count). The lowest BCUT2D eigenvalue weighted by atomic mass is 10.2. The molecule has 0 spiro atoms. The van der Waals surface area contributed by atoms with Crippen molar-refractivity contribution >= 4 is 15.8 Å². The Morgan fingerprint density at radius 2 is 1.66 bits per heavy atom. The van der Waals surface area contributed by atoms with Crippen molar-refractivity contribution in [2.75, 3.05) is 31.1 Å². The predicted octanol–water partition coefficient (Wildman–Crippen LogP) is 2.67. The van der Waals surface area contributed by atoms with Gasteiger partial charge in [-0.25, -0.2) is 8.42 Å². The van der Waals surface area contributed by atoms with Gasteiger partial charge in [0.25, 0.3) is 0 Å². The number of hydrogen-bond donors (Lipinski definition) is 0. The van der Waals surface area contributed by atoms with Crippen molar-refractivity contribution in [3.63, 3.8) is 0 Å². The van der Waals surface area contributed by atoms with Crippen LogP contribution >= 0.6 is 0 Å². The van der Waals surface area contributed by atoms with Crippen molar-refractivity contribution < 1.29 is 8.42 Å². The van der Waals surface area contributed by atoms with Crippen LogP contribution in [0.1, 0.15) is 11.1 Å². The minimum atomic E-state index is -3.50. The van der Waals surface area contributed by atoms with Crippen LogP contribution in [-0.2, 0) is 10.0 Å². The van der Waals surface area contributed by atoms with Crippen molar-refractivity contribution in [3.05, 3.63) is 65.9 Å². The summed E-state index contributed by atoms with van der Waals surface area (Å²) in [5.74, 6) is 0.744. The van der Waals surface area contributed by atoms with E-state index in [1.807, 2.05) is 56.3 Å². The van der Waals surface area contributed by atoms with Crippen LogP contribution in [0.25, 0.3) is 11.4 Å². The van der Waals surface area contributed by atoms with Gasteiger partial charge in [-0.1, -0.05) is 23.8 Å². The third-order valence-corrected chi connectivity index (χ3v) is 7.15. The summed E-state index contributed by atoms with van der Waals surface area (Å²) < 4.78 is 27.6. The molecule has 150 valence electrons. The largest absolute Gasteiger partial charge is 0.352 e. The molecule has 3 heterocycles. The van der Waals surface area contributed by atoms with Gasteiger partial charge in [-0.05, 0) is 49.7 Å². The van der Waals surface area contributed by atoms with E-state index < -0.39 is 10.0 Å². The fourth-order valence-electron chi connectivity index (χ4n) is 3.53. The van der Waals surface area contributed by atoms with Gasteiger partial charge in [0.15, 0.2) is 5.82 Å². The molecule has 0 saturated carbocycles. The van der Waals surface area contributed by atoms with Crippen LogP contribution in [-0.4, -0.2) is 54.1 Å². The molecule has 1 aliphatic heterocycles. The van der Waals surface area contributed by atoms with E-state index in [-0.39, 0.29) is 0 Å². The second-order valence-electron chi connectivity index (χ2n) is 7.15.